The molecular formula is C15H32N2Na2O4. The average Bonchev–Trinajstić information content (AvgIpc) is 2.36. The molecule has 0 atom stereocenters. The van der Waals surface area contributed by atoms with E-state index in [1.807, 2.05) is 0 Å². The second-order valence-electron chi connectivity index (χ2n) is 5.70. The Morgan fingerprint density at radius 1 is 0.696 bits per heavy atom. The predicted molar refractivity (Wildman–Crippen MR) is 96.9 cm³/mol. The summed E-state index contributed by atoms with van der Waals surface area (Å²) >= 11 is 0. The van der Waals surface area contributed by atoms with Crippen LogP contribution in [-0.4, -0.2) is 131 Å². The summed E-state index contributed by atoms with van der Waals surface area (Å²) in [6.45, 7) is 3.48. The molecule has 0 bridgehead atoms. The van der Waals surface area contributed by atoms with Crippen LogP contribution in [-0.2, 0) is 9.59 Å². The van der Waals surface area contributed by atoms with Gasteiger partial charge in [0.15, 0.2) is 0 Å². The van der Waals surface area contributed by atoms with E-state index < -0.39 is 11.9 Å². The van der Waals surface area contributed by atoms with E-state index >= 15 is 0 Å². The summed E-state index contributed by atoms with van der Waals surface area (Å²) in [6.07, 6.45) is 4.98. The Morgan fingerprint density at radius 3 is 1.48 bits per heavy atom. The Hall–Kier alpha value is 0.860. The van der Waals surface area contributed by atoms with Crippen molar-refractivity contribution in [3.8, 4) is 0 Å². The fourth-order valence-corrected chi connectivity index (χ4v) is 2.18. The van der Waals surface area contributed by atoms with Gasteiger partial charge in [0, 0.05) is 12.8 Å². The minimum absolute atomic E-state index is 0. The van der Waals surface area contributed by atoms with Gasteiger partial charge in [-0.1, -0.05) is 6.42 Å². The Kier molecular flexibility index (Phi) is 23.9. The van der Waals surface area contributed by atoms with Gasteiger partial charge in [0.05, 0.1) is 0 Å². The summed E-state index contributed by atoms with van der Waals surface area (Å²) in [7, 11) is 4.12. The first kappa shape index (κ1) is 28.7. The maximum atomic E-state index is 10.5. The zero-order valence-electron chi connectivity index (χ0n) is 13.4. The van der Waals surface area contributed by atoms with E-state index in [1.165, 1.54) is 0 Å². The van der Waals surface area contributed by atoms with Crippen LogP contribution in [0.1, 0.15) is 44.9 Å². The molecule has 0 saturated heterocycles. The van der Waals surface area contributed by atoms with Gasteiger partial charge in [-0.25, -0.2) is 0 Å². The molecule has 0 amide bonds. The van der Waals surface area contributed by atoms with E-state index in [9.17, 15) is 9.59 Å². The van der Waals surface area contributed by atoms with Crippen molar-refractivity contribution in [3.05, 3.63) is 0 Å². The summed E-state index contributed by atoms with van der Waals surface area (Å²) in [5.41, 5.74) is 0. The van der Waals surface area contributed by atoms with E-state index in [-0.39, 0.29) is 72.0 Å². The fraction of sp³-hybridized carbons (Fsp3) is 0.867. The number of hydrogen-bond donors (Lipinski definition) is 2. The van der Waals surface area contributed by atoms with Crippen molar-refractivity contribution < 1.29 is 19.8 Å². The van der Waals surface area contributed by atoms with Crippen molar-refractivity contribution in [3.63, 3.8) is 0 Å². The van der Waals surface area contributed by atoms with Crippen LogP contribution in [0.3, 0.4) is 0 Å². The van der Waals surface area contributed by atoms with Crippen LogP contribution >= 0.6 is 0 Å². The number of rotatable bonds is 14. The molecule has 6 nitrogen and oxygen atoms in total. The molecule has 0 aliphatic rings. The first-order chi connectivity index (χ1) is 9.91. The quantitative estimate of drug-likeness (QED) is 0.350. The maximum absolute atomic E-state index is 10.5. The van der Waals surface area contributed by atoms with Gasteiger partial charge in [0.1, 0.15) is 0 Å². The summed E-state index contributed by atoms with van der Waals surface area (Å²) < 4.78 is 0. The molecule has 0 aromatic heterocycles. The Labute approximate surface area is 184 Å². The second-order valence-corrected chi connectivity index (χ2v) is 5.70. The number of unbranched alkanes of at least 4 members (excludes halogenated alkanes) is 2. The van der Waals surface area contributed by atoms with Gasteiger partial charge in [-0.2, -0.15) is 0 Å². The summed E-state index contributed by atoms with van der Waals surface area (Å²) in [5.74, 6) is -1.54. The van der Waals surface area contributed by atoms with Crippen molar-refractivity contribution >= 4 is 71.1 Å². The van der Waals surface area contributed by atoms with Crippen molar-refractivity contribution in [1.29, 1.82) is 0 Å². The van der Waals surface area contributed by atoms with Gasteiger partial charge in [0.25, 0.3) is 0 Å². The normalized spacial score (nSPS) is 10.3. The summed E-state index contributed by atoms with van der Waals surface area (Å²) in [6, 6.07) is 0. The number of carboxylic acids is 2. The minimum atomic E-state index is -0.772. The molecule has 0 rings (SSSR count). The zero-order chi connectivity index (χ0) is 16.1. The molecule has 0 unspecified atom stereocenters. The molecule has 0 aliphatic carbocycles. The Balaban J connectivity index is -0.00000200. The molecule has 0 aliphatic heterocycles. The van der Waals surface area contributed by atoms with Crippen LogP contribution in [0.25, 0.3) is 0 Å². The van der Waals surface area contributed by atoms with E-state index in [0.717, 1.165) is 45.4 Å². The first-order valence-corrected chi connectivity index (χ1v) is 7.72. The molecule has 0 saturated carbocycles. The fourth-order valence-electron chi connectivity index (χ4n) is 2.18. The van der Waals surface area contributed by atoms with Gasteiger partial charge in [0.2, 0.25) is 0 Å². The number of hydrogen-bond acceptors (Lipinski definition) is 4. The van der Waals surface area contributed by atoms with Crippen molar-refractivity contribution in [2.24, 2.45) is 0 Å². The molecular weight excluding hydrogens is 318 g/mol. The van der Waals surface area contributed by atoms with E-state index in [2.05, 4.69) is 23.9 Å². The van der Waals surface area contributed by atoms with Crippen molar-refractivity contribution in [2.45, 2.75) is 44.9 Å². The summed E-state index contributed by atoms with van der Waals surface area (Å²) in [4.78, 5) is 25.5. The summed E-state index contributed by atoms with van der Waals surface area (Å²) in [5, 5.41) is 17.3. The molecule has 0 radical (unpaired) electrons. The van der Waals surface area contributed by atoms with Crippen molar-refractivity contribution in [1.82, 2.24) is 9.80 Å². The molecule has 0 aromatic rings. The molecule has 0 aromatic carbocycles. The van der Waals surface area contributed by atoms with Crippen LogP contribution in [0, 0.1) is 0 Å². The molecule has 0 fully saturated rings. The van der Waals surface area contributed by atoms with Gasteiger partial charge in [-0.15, -0.1) is 0 Å². The van der Waals surface area contributed by atoms with Crippen molar-refractivity contribution in [2.75, 3.05) is 40.3 Å². The van der Waals surface area contributed by atoms with Crippen LogP contribution in [0.5, 0.6) is 0 Å². The third-order valence-electron chi connectivity index (χ3n) is 3.31. The average molecular weight is 350 g/mol. The second kappa shape index (κ2) is 19.2. The van der Waals surface area contributed by atoms with Crippen LogP contribution < -0.4 is 0 Å². The molecule has 23 heavy (non-hydrogen) atoms. The number of carbonyl (C=O) groups is 2. The Bertz CT molecular complexity index is 285. The number of carboxylic acid groups (broad SMARTS) is 2. The van der Waals surface area contributed by atoms with Gasteiger partial charge >= 0.3 is 71.1 Å². The number of aliphatic carboxylic acids is 2. The van der Waals surface area contributed by atoms with Gasteiger partial charge in [-0.05, 0) is 66.0 Å². The first-order valence-electron chi connectivity index (χ1n) is 7.72. The zero-order valence-corrected chi connectivity index (χ0v) is 13.4. The predicted octanol–water partition coefficient (Wildman–Crippen LogP) is 0.453. The third kappa shape index (κ3) is 22.9. The topological polar surface area (TPSA) is 81.1 Å². The molecule has 0 heterocycles. The Morgan fingerprint density at radius 2 is 1.09 bits per heavy atom. The standard InChI is InChI=1S/C15H30N2O4.2Na.2H/c1-16(2)10-4-3-5-11-17(12-6-8-14(18)19)13-7-9-15(20)21;;;;/h3-13H2,1-2H3,(H,18,19)(H,20,21);;;;. The third-order valence-corrected chi connectivity index (χ3v) is 3.31. The molecule has 0 spiro atoms. The molecule has 2 N–H and O–H groups in total. The molecule has 8 heteroatoms. The SMILES string of the molecule is CN(C)CCCCCN(CCCC(=O)O)CCCC(=O)O.[NaH].[NaH]. The number of nitrogens with zero attached hydrogens (tertiary/aromatic N) is 2. The monoisotopic (exact) mass is 350 g/mol. The van der Waals surface area contributed by atoms with E-state index in [4.69, 9.17) is 10.2 Å². The van der Waals surface area contributed by atoms with Crippen LogP contribution in [0.15, 0.2) is 0 Å². The van der Waals surface area contributed by atoms with E-state index in [0.29, 0.717) is 12.8 Å². The van der Waals surface area contributed by atoms with Gasteiger partial charge in [-0.3, -0.25) is 9.59 Å². The van der Waals surface area contributed by atoms with Crippen LogP contribution in [0.2, 0.25) is 0 Å². The van der Waals surface area contributed by atoms with Gasteiger partial charge < -0.3 is 20.0 Å². The molecule has 128 valence electrons. The van der Waals surface area contributed by atoms with E-state index in [1.54, 1.807) is 0 Å². The van der Waals surface area contributed by atoms with Crippen LogP contribution in [0.4, 0.5) is 0 Å².